The van der Waals surface area contributed by atoms with Crippen LogP contribution in [0.3, 0.4) is 0 Å². The predicted molar refractivity (Wildman–Crippen MR) is 75.0 cm³/mol. The van der Waals surface area contributed by atoms with E-state index in [9.17, 15) is 9.59 Å². The Morgan fingerprint density at radius 2 is 2.20 bits per heavy atom. The van der Waals surface area contributed by atoms with E-state index in [1.165, 1.54) is 6.20 Å². The van der Waals surface area contributed by atoms with Crippen LogP contribution in [0, 0.1) is 12.3 Å². The lowest BCUT2D eigenvalue weighted by Crippen LogP contribution is -2.15. The molecule has 0 bridgehead atoms. The van der Waals surface area contributed by atoms with Crippen LogP contribution in [0.15, 0.2) is 35.3 Å². The molecule has 1 aromatic heterocycles. The Balaban J connectivity index is 2.07. The largest absolute Gasteiger partial charge is 0.465 e. The van der Waals surface area contributed by atoms with Gasteiger partial charge in [-0.2, -0.15) is 5.10 Å². The summed E-state index contributed by atoms with van der Waals surface area (Å²) in [5.41, 5.74) is 0.574. The van der Waals surface area contributed by atoms with Crippen LogP contribution in [-0.2, 0) is 16.1 Å². The van der Waals surface area contributed by atoms with E-state index in [2.05, 4.69) is 11.0 Å². The van der Waals surface area contributed by atoms with Gasteiger partial charge in [-0.05, 0) is 12.1 Å². The molecule has 1 heterocycles. The highest BCUT2D eigenvalue weighted by atomic mass is 16.5. The third kappa shape index (κ3) is 3.23. The van der Waals surface area contributed by atoms with Crippen molar-refractivity contribution in [2.45, 2.75) is 19.4 Å². The molecule has 0 spiro atoms. The number of hydrogen-bond donors (Lipinski definition) is 0. The summed E-state index contributed by atoms with van der Waals surface area (Å²) in [4.78, 5) is 23.2. The molecule has 0 aliphatic carbocycles. The second kappa shape index (κ2) is 6.53. The first-order valence-corrected chi connectivity index (χ1v) is 6.26. The van der Waals surface area contributed by atoms with Gasteiger partial charge in [0.05, 0.1) is 24.7 Å². The molecule has 102 valence electrons. The normalized spacial score (nSPS) is 10.2. The summed E-state index contributed by atoms with van der Waals surface area (Å²) < 4.78 is 6.58. The average molecular weight is 270 g/mol. The maximum Gasteiger partial charge on any atom is 0.307 e. The summed E-state index contributed by atoms with van der Waals surface area (Å²) in [5, 5.41) is 4.63. The molecule has 5 nitrogen and oxygen atoms in total. The number of rotatable bonds is 5. The van der Waals surface area contributed by atoms with Crippen LogP contribution < -0.4 is 5.43 Å². The van der Waals surface area contributed by atoms with E-state index in [0.717, 1.165) is 0 Å². The smallest absolute Gasteiger partial charge is 0.307 e. The second-order valence-corrected chi connectivity index (χ2v) is 4.17. The number of aromatic nitrogens is 2. The Labute approximate surface area is 116 Å². The zero-order chi connectivity index (χ0) is 14.4. The number of terminal acetylenes is 1. The summed E-state index contributed by atoms with van der Waals surface area (Å²) in [6.45, 7) is 0.587. The maximum atomic E-state index is 11.7. The van der Waals surface area contributed by atoms with E-state index in [4.69, 9.17) is 11.2 Å². The first-order valence-electron chi connectivity index (χ1n) is 6.26. The molecule has 0 fully saturated rings. The number of esters is 1. The van der Waals surface area contributed by atoms with Crippen LogP contribution in [0.25, 0.3) is 10.9 Å². The van der Waals surface area contributed by atoms with Crippen molar-refractivity contribution in [2.24, 2.45) is 0 Å². The van der Waals surface area contributed by atoms with Crippen molar-refractivity contribution in [2.75, 3.05) is 6.61 Å². The average Bonchev–Trinajstić information content (AvgIpc) is 2.47. The highest BCUT2D eigenvalue weighted by Gasteiger charge is 2.06. The van der Waals surface area contributed by atoms with Gasteiger partial charge in [0.25, 0.3) is 0 Å². The van der Waals surface area contributed by atoms with Gasteiger partial charge in [0.2, 0.25) is 5.43 Å². The highest BCUT2D eigenvalue weighted by molar-refractivity contribution is 5.78. The standard InChI is InChI=1S/C15H14N2O3/c1-2-3-10-20-15(19)8-9-17-13-7-5-4-6-12(13)14(18)11-16-17/h1,4-7,11H,3,8-10H2. The van der Waals surface area contributed by atoms with Crippen LogP contribution in [0.1, 0.15) is 12.8 Å². The number of carbonyl (C=O) groups excluding carboxylic acids is 1. The number of carbonyl (C=O) groups is 1. The van der Waals surface area contributed by atoms with Gasteiger partial charge in [-0.25, -0.2) is 0 Å². The van der Waals surface area contributed by atoms with Gasteiger partial charge >= 0.3 is 5.97 Å². The quantitative estimate of drug-likeness (QED) is 0.467. The van der Waals surface area contributed by atoms with Gasteiger partial charge in [-0.3, -0.25) is 14.3 Å². The van der Waals surface area contributed by atoms with Crippen molar-refractivity contribution >= 4 is 16.9 Å². The van der Waals surface area contributed by atoms with Crippen LogP contribution in [0.4, 0.5) is 0 Å². The molecule has 2 rings (SSSR count). The fourth-order valence-electron chi connectivity index (χ4n) is 1.83. The molecule has 0 unspecified atom stereocenters. The molecular weight excluding hydrogens is 256 g/mol. The lowest BCUT2D eigenvalue weighted by Gasteiger charge is -2.08. The minimum absolute atomic E-state index is 0.131. The molecular formula is C15H14N2O3. The number of aryl methyl sites for hydroxylation is 1. The summed E-state index contributed by atoms with van der Waals surface area (Å²) in [7, 11) is 0. The van der Waals surface area contributed by atoms with E-state index in [0.29, 0.717) is 23.9 Å². The Morgan fingerprint density at radius 3 is 3.00 bits per heavy atom. The fraction of sp³-hybridized carbons (Fsp3) is 0.267. The lowest BCUT2D eigenvalue weighted by atomic mass is 10.2. The SMILES string of the molecule is C#CCCOC(=O)CCn1ncc(=O)c2ccccc21. The van der Waals surface area contributed by atoms with Gasteiger partial charge < -0.3 is 4.74 Å². The van der Waals surface area contributed by atoms with E-state index < -0.39 is 0 Å². The van der Waals surface area contributed by atoms with Crippen molar-refractivity contribution in [3.63, 3.8) is 0 Å². The molecule has 2 aromatic rings. The van der Waals surface area contributed by atoms with Crippen molar-refractivity contribution in [3.05, 3.63) is 40.7 Å². The first-order chi connectivity index (χ1) is 9.72. The highest BCUT2D eigenvalue weighted by Crippen LogP contribution is 2.08. The van der Waals surface area contributed by atoms with E-state index >= 15 is 0 Å². The first kappa shape index (κ1) is 13.8. The van der Waals surface area contributed by atoms with Crippen molar-refractivity contribution < 1.29 is 9.53 Å². The molecule has 0 aliphatic heterocycles. The number of para-hydroxylation sites is 1. The Morgan fingerprint density at radius 1 is 1.40 bits per heavy atom. The van der Waals surface area contributed by atoms with Gasteiger partial charge in [0.15, 0.2) is 0 Å². The van der Waals surface area contributed by atoms with Gasteiger partial charge in [0, 0.05) is 11.8 Å². The van der Waals surface area contributed by atoms with Gasteiger partial charge in [-0.15, -0.1) is 12.3 Å². The predicted octanol–water partition coefficient (Wildman–Crippen LogP) is 1.35. The number of hydrogen-bond acceptors (Lipinski definition) is 4. The van der Waals surface area contributed by atoms with E-state index in [1.54, 1.807) is 22.9 Å². The van der Waals surface area contributed by atoms with Crippen molar-refractivity contribution in [1.82, 2.24) is 9.78 Å². The molecule has 0 saturated heterocycles. The molecule has 0 amide bonds. The summed E-state index contributed by atoms with van der Waals surface area (Å²) in [5.74, 6) is 2.07. The Bertz CT molecular complexity index is 713. The molecule has 0 saturated carbocycles. The Kier molecular flexibility index (Phi) is 4.51. The zero-order valence-electron chi connectivity index (χ0n) is 10.9. The second-order valence-electron chi connectivity index (χ2n) is 4.17. The molecule has 1 aromatic carbocycles. The van der Waals surface area contributed by atoms with Crippen LogP contribution >= 0.6 is 0 Å². The van der Waals surface area contributed by atoms with Crippen LogP contribution in [-0.4, -0.2) is 22.4 Å². The number of nitrogens with zero attached hydrogens (tertiary/aromatic N) is 2. The third-order valence-corrected chi connectivity index (χ3v) is 2.80. The number of benzene rings is 1. The van der Waals surface area contributed by atoms with Crippen LogP contribution in [0.2, 0.25) is 0 Å². The molecule has 20 heavy (non-hydrogen) atoms. The molecule has 0 atom stereocenters. The van der Waals surface area contributed by atoms with Crippen LogP contribution in [0.5, 0.6) is 0 Å². The zero-order valence-corrected chi connectivity index (χ0v) is 10.9. The molecule has 5 heteroatoms. The molecule has 0 radical (unpaired) electrons. The van der Waals surface area contributed by atoms with Gasteiger partial charge in [-0.1, -0.05) is 12.1 Å². The number of fused-ring (bicyclic) bond motifs is 1. The third-order valence-electron chi connectivity index (χ3n) is 2.80. The van der Waals surface area contributed by atoms with Gasteiger partial charge in [0.1, 0.15) is 6.61 Å². The number of ether oxygens (including phenoxy) is 1. The lowest BCUT2D eigenvalue weighted by molar-refractivity contribution is -0.143. The maximum absolute atomic E-state index is 11.7. The van der Waals surface area contributed by atoms with Crippen molar-refractivity contribution in [1.29, 1.82) is 0 Å². The van der Waals surface area contributed by atoms with Crippen molar-refractivity contribution in [3.8, 4) is 12.3 Å². The minimum Gasteiger partial charge on any atom is -0.465 e. The van der Waals surface area contributed by atoms with E-state index in [1.807, 2.05) is 6.07 Å². The molecule has 0 aliphatic rings. The van der Waals surface area contributed by atoms with E-state index in [-0.39, 0.29) is 24.4 Å². The summed E-state index contributed by atoms with van der Waals surface area (Å²) >= 11 is 0. The monoisotopic (exact) mass is 270 g/mol. The molecule has 0 N–H and O–H groups in total. The topological polar surface area (TPSA) is 61.2 Å². The minimum atomic E-state index is -0.329. The fourth-order valence-corrected chi connectivity index (χ4v) is 1.83. The summed E-state index contributed by atoms with van der Waals surface area (Å²) in [6.07, 6.45) is 6.92. The summed E-state index contributed by atoms with van der Waals surface area (Å²) in [6, 6.07) is 7.15. The Hall–Kier alpha value is -2.61.